The number of hydrogen-bond donors (Lipinski definition) is 1. The predicted octanol–water partition coefficient (Wildman–Crippen LogP) is 2.91. The van der Waals surface area contributed by atoms with Crippen molar-refractivity contribution in [1.82, 2.24) is 9.97 Å². The van der Waals surface area contributed by atoms with E-state index in [1.165, 1.54) is 6.92 Å². The van der Waals surface area contributed by atoms with E-state index in [2.05, 4.69) is 9.97 Å². The molecule has 1 heterocycles. The van der Waals surface area contributed by atoms with Gasteiger partial charge in [-0.3, -0.25) is 9.78 Å². The molecule has 0 amide bonds. The average molecular weight is 309 g/mol. The number of aryl methyl sites for hydroxylation is 1. The van der Waals surface area contributed by atoms with Crippen LogP contribution < -0.4 is 15.2 Å². The van der Waals surface area contributed by atoms with E-state index in [1.54, 1.807) is 18.9 Å². The Morgan fingerprint density at radius 1 is 1.27 bits per heavy atom. The van der Waals surface area contributed by atoms with Gasteiger partial charge in [0.2, 0.25) is 17.6 Å². The molecule has 118 valence electrons. The van der Waals surface area contributed by atoms with Crippen molar-refractivity contribution in [2.24, 2.45) is 0 Å². The van der Waals surface area contributed by atoms with Crippen LogP contribution in [0.3, 0.4) is 0 Å². The lowest BCUT2D eigenvalue weighted by Gasteiger charge is -2.17. The summed E-state index contributed by atoms with van der Waals surface area (Å²) in [7, 11) is 1.73. The number of anilines is 1. The Balaban J connectivity index is 2.50. The van der Waals surface area contributed by atoms with Crippen LogP contribution in [0.25, 0.3) is 0 Å². The van der Waals surface area contributed by atoms with E-state index in [0.29, 0.717) is 12.1 Å². The largest absolute Gasteiger partial charge is 0.432 e. The van der Waals surface area contributed by atoms with Crippen molar-refractivity contribution in [3.8, 4) is 11.6 Å². The second kappa shape index (κ2) is 6.13. The van der Waals surface area contributed by atoms with Crippen LogP contribution in [-0.4, -0.2) is 23.6 Å². The first kappa shape index (κ1) is 15.9. The highest BCUT2D eigenvalue weighted by Crippen LogP contribution is 2.28. The van der Waals surface area contributed by atoms with E-state index in [4.69, 9.17) is 4.74 Å². The number of H-pyrrole nitrogens is 1. The number of rotatable bonds is 4. The van der Waals surface area contributed by atoms with Gasteiger partial charge in [0.05, 0.1) is 5.56 Å². The second-order valence-electron chi connectivity index (χ2n) is 4.99. The fraction of sp³-hybridized carbons (Fsp3) is 0.333. The lowest BCUT2D eigenvalue weighted by Crippen LogP contribution is -2.24. The van der Waals surface area contributed by atoms with Crippen LogP contribution in [0, 0.1) is 25.5 Å². The maximum absolute atomic E-state index is 13.9. The number of benzene rings is 1. The zero-order valence-electron chi connectivity index (χ0n) is 12.8. The molecule has 0 radical (unpaired) electrons. The van der Waals surface area contributed by atoms with Crippen LogP contribution in [0.5, 0.6) is 11.6 Å². The summed E-state index contributed by atoms with van der Waals surface area (Å²) in [6.07, 6.45) is 0. The van der Waals surface area contributed by atoms with Gasteiger partial charge in [0.15, 0.2) is 11.6 Å². The van der Waals surface area contributed by atoms with Crippen LogP contribution >= 0.6 is 0 Å². The number of hydrogen-bond acceptors (Lipinski definition) is 4. The Kier molecular flexibility index (Phi) is 4.44. The van der Waals surface area contributed by atoms with Gasteiger partial charge in [0.1, 0.15) is 0 Å². The normalized spacial score (nSPS) is 10.6. The molecule has 7 heteroatoms. The van der Waals surface area contributed by atoms with Crippen molar-refractivity contribution in [1.29, 1.82) is 0 Å². The maximum atomic E-state index is 13.9. The summed E-state index contributed by atoms with van der Waals surface area (Å²) < 4.78 is 33.0. The summed E-state index contributed by atoms with van der Waals surface area (Å²) in [5.74, 6) is -2.12. The fourth-order valence-corrected chi connectivity index (χ4v) is 1.81. The van der Waals surface area contributed by atoms with Gasteiger partial charge < -0.3 is 9.64 Å². The summed E-state index contributed by atoms with van der Waals surface area (Å²) in [4.78, 5) is 20.3. The van der Waals surface area contributed by atoms with Gasteiger partial charge in [0.25, 0.3) is 5.56 Å². The lowest BCUT2D eigenvalue weighted by molar-refractivity contribution is 0.391. The quantitative estimate of drug-likeness (QED) is 0.943. The number of ether oxygens (including phenoxy) is 1. The maximum Gasteiger partial charge on any atom is 0.259 e. The monoisotopic (exact) mass is 309 g/mol. The van der Waals surface area contributed by atoms with Crippen LogP contribution in [0.2, 0.25) is 0 Å². The Morgan fingerprint density at radius 3 is 2.41 bits per heavy atom. The summed E-state index contributed by atoms with van der Waals surface area (Å²) >= 11 is 0. The Morgan fingerprint density at radius 2 is 1.86 bits per heavy atom. The van der Waals surface area contributed by atoms with E-state index in [1.807, 2.05) is 6.92 Å². The summed E-state index contributed by atoms with van der Waals surface area (Å²) in [5.41, 5.74) is 0.158. The molecule has 2 rings (SSSR count). The Hall–Kier alpha value is -2.44. The molecule has 0 saturated heterocycles. The highest BCUT2D eigenvalue weighted by molar-refractivity contribution is 5.39. The average Bonchev–Trinajstić information content (AvgIpc) is 2.45. The van der Waals surface area contributed by atoms with E-state index in [-0.39, 0.29) is 17.4 Å². The van der Waals surface area contributed by atoms with Crippen molar-refractivity contribution in [2.75, 3.05) is 18.5 Å². The number of aromatic amines is 1. The molecule has 2 aromatic rings. The molecular weight excluding hydrogens is 292 g/mol. The van der Waals surface area contributed by atoms with Gasteiger partial charge in [-0.1, -0.05) is 0 Å². The molecule has 0 saturated carbocycles. The number of aromatic nitrogens is 2. The third kappa shape index (κ3) is 3.08. The van der Waals surface area contributed by atoms with Crippen molar-refractivity contribution in [2.45, 2.75) is 20.8 Å². The number of nitrogens with one attached hydrogen (secondary N) is 1. The molecule has 0 atom stereocenters. The predicted molar refractivity (Wildman–Crippen MR) is 79.7 cm³/mol. The molecule has 0 aliphatic heterocycles. The zero-order chi connectivity index (χ0) is 16.4. The van der Waals surface area contributed by atoms with Crippen molar-refractivity contribution in [3.05, 3.63) is 45.2 Å². The van der Waals surface area contributed by atoms with E-state index >= 15 is 0 Å². The SMILES string of the molecule is CCN(C)c1nc(Oc2c(F)cc(C)cc2F)c(C)c(=O)[nH]1. The first-order valence-electron chi connectivity index (χ1n) is 6.79. The minimum absolute atomic E-state index is 0.124. The third-order valence-corrected chi connectivity index (χ3v) is 3.27. The topological polar surface area (TPSA) is 58.2 Å². The minimum atomic E-state index is -0.843. The summed E-state index contributed by atoms with van der Waals surface area (Å²) in [5, 5.41) is 0. The summed E-state index contributed by atoms with van der Waals surface area (Å²) in [6.45, 7) is 5.51. The van der Waals surface area contributed by atoms with Gasteiger partial charge >= 0.3 is 0 Å². The molecule has 0 aliphatic carbocycles. The molecule has 0 unspecified atom stereocenters. The van der Waals surface area contributed by atoms with Gasteiger partial charge in [-0.15, -0.1) is 0 Å². The van der Waals surface area contributed by atoms with E-state index in [0.717, 1.165) is 12.1 Å². The third-order valence-electron chi connectivity index (χ3n) is 3.27. The van der Waals surface area contributed by atoms with Gasteiger partial charge in [-0.05, 0) is 38.5 Å². The van der Waals surface area contributed by atoms with Gasteiger partial charge in [-0.2, -0.15) is 4.98 Å². The van der Waals surface area contributed by atoms with E-state index in [9.17, 15) is 13.6 Å². The van der Waals surface area contributed by atoms with Crippen LogP contribution in [0.1, 0.15) is 18.1 Å². The molecule has 22 heavy (non-hydrogen) atoms. The van der Waals surface area contributed by atoms with Crippen molar-refractivity contribution in [3.63, 3.8) is 0 Å². The van der Waals surface area contributed by atoms with Crippen molar-refractivity contribution < 1.29 is 13.5 Å². The van der Waals surface area contributed by atoms with Gasteiger partial charge in [-0.25, -0.2) is 8.78 Å². The van der Waals surface area contributed by atoms with E-state index < -0.39 is 22.9 Å². The molecule has 1 aromatic carbocycles. The second-order valence-corrected chi connectivity index (χ2v) is 4.99. The smallest absolute Gasteiger partial charge is 0.259 e. The van der Waals surface area contributed by atoms with Crippen LogP contribution in [0.15, 0.2) is 16.9 Å². The van der Waals surface area contributed by atoms with Gasteiger partial charge in [0, 0.05) is 13.6 Å². The summed E-state index contributed by atoms with van der Waals surface area (Å²) in [6, 6.07) is 2.31. The van der Waals surface area contributed by atoms with Crippen molar-refractivity contribution >= 4 is 5.95 Å². The molecule has 1 aromatic heterocycles. The molecule has 0 fully saturated rings. The fourth-order valence-electron chi connectivity index (χ4n) is 1.81. The molecule has 0 aliphatic rings. The standard InChI is InChI=1S/C15H17F2N3O2/c1-5-20(4)15-18-13(21)9(3)14(19-15)22-12-10(16)6-8(2)7-11(12)17/h6-7H,5H2,1-4H3,(H,18,19,21). The Bertz CT molecular complexity index is 736. The molecule has 0 bridgehead atoms. The number of nitrogens with zero attached hydrogens (tertiary/aromatic N) is 2. The lowest BCUT2D eigenvalue weighted by atomic mass is 10.2. The molecule has 1 N–H and O–H groups in total. The highest BCUT2D eigenvalue weighted by atomic mass is 19.1. The zero-order valence-corrected chi connectivity index (χ0v) is 12.8. The molecule has 0 spiro atoms. The first-order chi connectivity index (χ1) is 10.3. The molecule has 5 nitrogen and oxygen atoms in total. The highest BCUT2D eigenvalue weighted by Gasteiger charge is 2.17. The Labute approximate surface area is 126 Å². The minimum Gasteiger partial charge on any atom is -0.432 e. The number of halogens is 2. The van der Waals surface area contributed by atoms with Crippen LogP contribution in [-0.2, 0) is 0 Å². The first-order valence-corrected chi connectivity index (χ1v) is 6.79. The van der Waals surface area contributed by atoms with Crippen LogP contribution in [0.4, 0.5) is 14.7 Å². The molecular formula is C15H17F2N3O2.